The van der Waals surface area contributed by atoms with Crippen LogP contribution in [0.4, 0.5) is 0 Å². The Morgan fingerprint density at radius 2 is 1.29 bits per heavy atom. The molecule has 4 nitrogen and oxygen atoms in total. The number of hydrogen-bond acceptors (Lipinski definition) is 4. The summed E-state index contributed by atoms with van der Waals surface area (Å²) in [5, 5.41) is 8.03. The number of fused-ring (bicyclic) bond motifs is 4. The van der Waals surface area contributed by atoms with Crippen molar-refractivity contribution in [2.75, 3.05) is 0 Å². The summed E-state index contributed by atoms with van der Waals surface area (Å²) in [6.45, 7) is 0. The Hall–Kier alpha value is -5.48. The Kier molecular flexibility index (Phi) is 5.49. The fourth-order valence-electron chi connectivity index (χ4n) is 5.77. The average Bonchev–Trinajstić information content (AvgIpc) is 3.43. The first-order valence-electron chi connectivity index (χ1n) is 13.8. The third-order valence-corrected chi connectivity index (χ3v) is 7.75. The first-order valence-corrected chi connectivity index (χ1v) is 13.8. The number of rotatable bonds is 4. The zero-order valence-corrected chi connectivity index (χ0v) is 22.2. The molecule has 194 valence electrons. The molecule has 1 aliphatic rings. The summed E-state index contributed by atoms with van der Waals surface area (Å²) < 4.78 is 6.41. The molecule has 1 aliphatic heterocycles. The van der Waals surface area contributed by atoms with Crippen LogP contribution >= 0.6 is 0 Å². The van der Waals surface area contributed by atoms with Gasteiger partial charge in [-0.25, -0.2) is 9.98 Å². The number of benzene rings is 6. The normalized spacial score (nSPS) is 15.1. The van der Waals surface area contributed by atoms with E-state index in [4.69, 9.17) is 14.4 Å². The topological polar surface area (TPSA) is 49.9 Å². The smallest absolute Gasteiger partial charge is 0.160 e. The zero-order valence-electron chi connectivity index (χ0n) is 22.2. The number of furan rings is 1. The van der Waals surface area contributed by atoms with Crippen LogP contribution in [0, 0.1) is 0 Å². The van der Waals surface area contributed by atoms with Gasteiger partial charge in [-0.1, -0.05) is 121 Å². The highest BCUT2D eigenvalue weighted by Gasteiger charge is 2.24. The molecule has 41 heavy (non-hydrogen) atoms. The van der Waals surface area contributed by atoms with Gasteiger partial charge in [0, 0.05) is 21.9 Å². The van der Waals surface area contributed by atoms with Gasteiger partial charge in [0.15, 0.2) is 5.84 Å². The van der Waals surface area contributed by atoms with Crippen LogP contribution in [0.2, 0.25) is 0 Å². The van der Waals surface area contributed by atoms with Crippen LogP contribution < -0.4 is 5.32 Å². The van der Waals surface area contributed by atoms with E-state index in [1.165, 1.54) is 0 Å². The van der Waals surface area contributed by atoms with Gasteiger partial charge in [-0.2, -0.15) is 0 Å². The van der Waals surface area contributed by atoms with Crippen LogP contribution in [0.3, 0.4) is 0 Å². The molecule has 0 amide bonds. The molecule has 6 aromatic carbocycles. The Bertz CT molecular complexity index is 2120. The Labute approximate surface area is 237 Å². The molecule has 0 aliphatic carbocycles. The molecule has 7 aromatic rings. The summed E-state index contributed by atoms with van der Waals surface area (Å²) in [7, 11) is 0. The van der Waals surface area contributed by atoms with Crippen molar-refractivity contribution in [1.29, 1.82) is 0 Å². The second-order valence-electron chi connectivity index (χ2n) is 10.3. The van der Waals surface area contributed by atoms with E-state index < -0.39 is 0 Å². The minimum Gasteiger partial charge on any atom is -0.456 e. The van der Waals surface area contributed by atoms with E-state index in [0.717, 1.165) is 66.4 Å². The molecular weight excluding hydrogens is 502 g/mol. The van der Waals surface area contributed by atoms with Crippen LogP contribution in [0.1, 0.15) is 22.9 Å². The molecule has 1 atom stereocenters. The predicted molar refractivity (Wildman–Crippen MR) is 168 cm³/mol. The maximum atomic E-state index is 6.41. The average molecular weight is 528 g/mol. The second kappa shape index (κ2) is 9.61. The SMILES string of the molecule is c1ccc(-c2ccc3c(c2)oc2cccc(C4=NC(c5cccc6ccccc56)=NC(c5ccccc5)N4)c23)cc1. The molecule has 2 heterocycles. The second-order valence-corrected chi connectivity index (χ2v) is 10.3. The molecule has 0 saturated carbocycles. The standard InChI is InChI=1S/C37H25N3O/c1-3-11-24(12-4-1)27-21-22-30-33(23-27)41-32-20-10-19-31(34(30)32)37-39-35(26-14-5-2-6-15-26)38-36(40-37)29-18-9-16-25-13-7-8-17-28(25)29/h1-23,35H,(H,38,39,40). The van der Waals surface area contributed by atoms with E-state index in [0.29, 0.717) is 5.84 Å². The summed E-state index contributed by atoms with van der Waals surface area (Å²) in [6, 6.07) is 48.0. The molecule has 1 aromatic heterocycles. The Morgan fingerprint density at radius 3 is 2.17 bits per heavy atom. The van der Waals surface area contributed by atoms with Crippen molar-refractivity contribution in [3.8, 4) is 11.1 Å². The van der Waals surface area contributed by atoms with Gasteiger partial charge in [0.05, 0.1) is 0 Å². The van der Waals surface area contributed by atoms with Crippen molar-refractivity contribution in [1.82, 2.24) is 5.32 Å². The Morgan fingerprint density at radius 1 is 0.561 bits per heavy atom. The van der Waals surface area contributed by atoms with Crippen LogP contribution in [0.15, 0.2) is 154 Å². The maximum absolute atomic E-state index is 6.41. The number of aliphatic imine (C=N–C) groups is 2. The van der Waals surface area contributed by atoms with Gasteiger partial charge in [-0.15, -0.1) is 0 Å². The number of nitrogens with zero attached hydrogens (tertiary/aromatic N) is 2. The minimum absolute atomic E-state index is 0.282. The molecule has 1 N–H and O–H groups in total. The van der Waals surface area contributed by atoms with Crippen LogP contribution in [0.5, 0.6) is 0 Å². The molecule has 0 fully saturated rings. The largest absolute Gasteiger partial charge is 0.456 e. The fraction of sp³-hybridized carbons (Fsp3) is 0.0270. The molecule has 0 spiro atoms. The maximum Gasteiger partial charge on any atom is 0.160 e. The lowest BCUT2D eigenvalue weighted by Gasteiger charge is -2.24. The molecule has 8 rings (SSSR count). The van der Waals surface area contributed by atoms with Crippen molar-refractivity contribution in [3.63, 3.8) is 0 Å². The number of amidine groups is 2. The highest BCUT2D eigenvalue weighted by atomic mass is 16.3. The van der Waals surface area contributed by atoms with Crippen molar-refractivity contribution in [2.24, 2.45) is 9.98 Å². The van der Waals surface area contributed by atoms with E-state index in [9.17, 15) is 0 Å². The third kappa shape index (κ3) is 4.09. The summed E-state index contributed by atoms with van der Waals surface area (Å²) >= 11 is 0. The molecule has 1 unspecified atom stereocenters. The van der Waals surface area contributed by atoms with E-state index in [2.05, 4.69) is 108 Å². The molecule has 0 bridgehead atoms. The van der Waals surface area contributed by atoms with Crippen LogP contribution in [-0.2, 0) is 0 Å². The lowest BCUT2D eigenvalue weighted by Crippen LogP contribution is -2.33. The quantitative estimate of drug-likeness (QED) is 0.248. The van der Waals surface area contributed by atoms with Crippen molar-refractivity contribution in [2.45, 2.75) is 6.17 Å². The Balaban J connectivity index is 1.32. The fourth-order valence-corrected chi connectivity index (χ4v) is 5.77. The highest BCUT2D eigenvalue weighted by molar-refractivity contribution is 6.23. The van der Waals surface area contributed by atoms with Gasteiger partial charge >= 0.3 is 0 Å². The van der Waals surface area contributed by atoms with Gasteiger partial charge in [-0.05, 0) is 45.7 Å². The molecule has 0 radical (unpaired) electrons. The summed E-state index contributed by atoms with van der Waals surface area (Å²) in [4.78, 5) is 10.3. The highest BCUT2D eigenvalue weighted by Crippen LogP contribution is 2.35. The van der Waals surface area contributed by atoms with E-state index in [1.54, 1.807) is 0 Å². The third-order valence-electron chi connectivity index (χ3n) is 7.75. The number of hydrogen-bond donors (Lipinski definition) is 1. The van der Waals surface area contributed by atoms with E-state index in [-0.39, 0.29) is 6.17 Å². The van der Waals surface area contributed by atoms with E-state index in [1.807, 2.05) is 36.4 Å². The molecular formula is C37H25N3O. The van der Waals surface area contributed by atoms with E-state index >= 15 is 0 Å². The first kappa shape index (κ1) is 23.4. The van der Waals surface area contributed by atoms with Gasteiger partial charge < -0.3 is 9.73 Å². The zero-order chi connectivity index (χ0) is 27.2. The van der Waals surface area contributed by atoms with Gasteiger partial charge in [-0.3, -0.25) is 0 Å². The monoisotopic (exact) mass is 527 g/mol. The lowest BCUT2D eigenvalue weighted by molar-refractivity contribution is 0.668. The van der Waals surface area contributed by atoms with Gasteiger partial charge in [0.1, 0.15) is 23.2 Å². The molecule has 4 heteroatoms. The summed E-state index contributed by atoms with van der Waals surface area (Å²) in [5.41, 5.74) is 7.05. The first-order chi connectivity index (χ1) is 20.3. The summed E-state index contributed by atoms with van der Waals surface area (Å²) in [5.74, 6) is 1.48. The van der Waals surface area contributed by atoms with Crippen LogP contribution in [0.25, 0.3) is 43.8 Å². The number of nitrogens with one attached hydrogen (secondary N) is 1. The van der Waals surface area contributed by atoms with Crippen molar-refractivity contribution < 1.29 is 4.42 Å². The van der Waals surface area contributed by atoms with Gasteiger partial charge in [0.2, 0.25) is 0 Å². The lowest BCUT2D eigenvalue weighted by atomic mass is 10.0. The van der Waals surface area contributed by atoms with Crippen molar-refractivity contribution >= 4 is 44.4 Å². The van der Waals surface area contributed by atoms with Gasteiger partial charge in [0.25, 0.3) is 0 Å². The summed E-state index contributed by atoms with van der Waals surface area (Å²) in [6.07, 6.45) is -0.282. The minimum atomic E-state index is -0.282. The predicted octanol–water partition coefficient (Wildman–Crippen LogP) is 8.90. The van der Waals surface area contributed by atoms with Crippen molar-refractivity contribution in [3.05, 3.63) is 156 Å². The van der Waals surface area contributed by atoms with Crippen LogP contribution in [-0.4, -0.2) is 11.7 Å². The molecule has 0 saturated heterocycles.